The van der Waals surface area contributed by atoms with Gasteiger partial charge in [-0.05, 0) is 70.4 Å². The molecule has 1 heterocycles. The highest BCUT2D eigenvalue weighted by atomic mass is 79.9. The summed E-state index contributed by atoms with van der Waals surface area (Å²) >= 11 is 3.59. The Morgan fingerprint density at radius 3 is 2.81 bits per heavy atom. The van der Waals surface area contributed by atoms with Crippen molar-refractivity contribution < 1.29 is 9.59 Å². The van der Waals surface area contributed by atoms with E-state index in [0.29, 0.717) is 12.0 Å². The summed E-state index contributed by atoms with van der Waals surface area (Å²) in [6.45, 7) is 1.76. The number of primary amides is 1. The zero-order chi connectivity index (χ0) is 19.6. The number of aromatic amines is 1. The molecular formula is C20H27BrN4O2. The molecule has 1 aliphatic carbocycles. The lowest BCUT2D eigenvalue weighted by atomic mass is 9.86. The lowest BCUT2D eigenvalue weighted by molar-refractivity contribution is -0.125. The minimum atomic E-state index is -0.446. The molecule has 0 saturated heterocycles. The molecule has 0 spiro atoms. The minimum Gasteiger partial charge on any atom is -0.366 e. The maximum atomic E-state index is 12.5. The highest BCUT2D eigenvalue weighted by Crippen LogP contribution is 2.37. The second kappa shape index (κ2) is 8.44. The molecule has 1 aromatic carbocycles. The minimum absolute atomic E-state index is 0.0322. The second-order valence-electron chi connectivity index (χ2n) is 7.53. The number of nitrogens with zero attached hydrogens (tertiary/aromatic N) is 1. The first-order valence-electron chi connectivity index (χ1n) is 9.42. The van der Waals surface area contributed by atoms with E-state index in [1.165, 1.54) is 5.56 Å². The molecule has 7 heteroatoms. The van der Waals surface area contributed by atoms with Crippen LogP contribution in [0.2, 0.25) is 0 Å². The Bertz CT molecular complexity index is 859. The zero-order valence-electron chi connectivity index (χ0n) is 15.9. The average Bonchev–Trinajstić information content (AvgIpc) is 3.00. The number of benzene rings is 1. The largest absolute Gasteiger partial charge is 0.366 e. The molecule has 3 rings (SSSR count). The number of nitrogens with one attached hydrogen (secondary N) is 2. The summed E-state index contributed by atoms with van der Waals surface area (Å²) in [5, 5.41) is 4.09. The van der Waals surface area contributed by atoms with E-state index >= 15 is 0 Å². The van der Waals surface area contributed by atoms with Gasteiger partial charge in [-0.1, -0.05) is 15.9 Å². The highest BCUT2D eigenvalue weighted by molar-refractivity contribution is 9.10. The van der Waals surface area contributed by atoms with Crippen molar-refractivity contribution in [1.82, 2.24) is 15.2 Å². The van der Waals surface area contributed by atoms with Gasteiger partial charge in [0.25, 0.3) is 5.91 Å². The summed E-state index contributed by atoms with van der Waals surface area (Å²) in [6, 6.07) is 3.59. The van der Waals surface area contributed by atoms with Crippen LogP contribution in [0.25, 0.3) is 10.9 Å². The SMILES string of the molecule is CN(C)CCCCNC(=O)C1CCc2c([nH]c3c(C(N)=O)ccc(Br)c23)C1. The Balaban J connectivity index is 1.69. The van der Waals surface area contributed by atoms with E-state index < -0.39 is 5.91 Å². The number of fused-ring (bicyclic) bond motifs is 3. The zero-order valence-corrected chi connectivity index (χ0v) is 17.5. The number of aromatic nitrogens is 1. The Kier molecular flexibility index (Phi) is 6.22. The summed E-state index contributed by atoms with van der Waals surface area (Å²) in [4.78, 5) is 29.8. The molecule has 1 unspecified atom stereocenters. The molecule has 0 bridgehead atoms. The molecule has 0 fully saturated rings. The summed E-state index contributed by atoms with van der Waals surface area (Å²) < 4.78 is 0.948. The Labute approximate surface area is 168 Å². The van der Waals surface area contributed by atoms with Crippen molar-refractivity contribution in [2.24, 2.45) is 11.7 Å². The summed E-state index contributed by atoms with van der Waals surface area (Å²) in [7, 11) is 4.11. The van der Waals surface area contributed by atoms with Crippen LogP contribution in [0.3, 0.4) is 0 Å². The number of hydrogen-bond donors (Lipinski definition) is 3. The number of rotatable bonds is 7. The first-order valence-corrected chi connectivity index (χ1v) is 10.2. The van der Waals surface area contributed by atoms with Crippen LogP contribution in [0.1, 0.15) is 40.9 Å². The predicted octanol–water partition coefficient (Wildman–Crippen LogP) is 2.59. The van der Waals surface area contributed by atoms with Crippen molar-refractivity contribution >= 4 is 38.6 Å². The molecule has 0 radical (unpaired) electrons. The maximum Gasteiger partial charge on any atom is 0.250 e. The normalized spacial score (nSPS) is 16.5. The van der Waals surface area contributed by atoms with Gasteiger partial charge in [-0.25, -0.2) is 0 Å². The van der Waals surface area contributed by atoms with Gasteiger partial charge in [0, 0.05) is 28.0 Å². The third-order valence-electron chi connectivity index (χ3n) is 5.26. The van der Waals surface area contributed by atoms with Gasteiger partial charge in [0.05, 0.1) is 11.1 Å². The first kappa shape index (κ1) is 19.9. The number of aryl methyl sites for hydroxylation is 1. The van der Waals surface area contributed by atoms with Crippen LogP contribution in [0, 0.1) is 5.92 Å². The van der Waals surface area contributed by atoms with E-state index in [0.717, 1.165) is 59.8 Å². The maximum absolute atomic E-state index is 12.5. The van der Waals surface area contributed by atoms with Crippen LogP contribution in [0.4, 0.5) is 0 Å². The van der Waals surface area contributed by atoms with Crippen LogP contribution >= 0.6 is 15.9 Å². The van der Waals surface area contributed by atoms with E-state index in [1.54, 1.807) is 6.07 Å². The Morgan fingerprint density at radius 2 is 2.11 bits per heavy atom. The molecule has 2 aromatic rings. The number of H-pyrrole nitrogens is 1. The van der Waals surface area contributed by atoms with Crippen LogP contribution < -0.4 is 11.1 Å². The summed E-state index contributed by atoms with van der Waals surface area (Å²) in [5.74, 6) is -0.355. The van der Waals surface area contributed by atoms with Crippen molar-refractivity contribution in [2.45, 2.75) is 32.1 Å². The van der Waals surface area contributed by atoms with Gasteiger partial charge in [-0.3, -0.25) is 9.59 Å². The molecule has 1 aliphatic rings. The molecule has 4 N–H and O–H groups in total. The number of unbranched alkanes of at least 4 members (excludes halogenated alkanes) is 1. The van der Waals surface area contributed by atoms with E-state index in [9.17, 15) is 9.59 Å². The first-order chi connectivity index (χ1) is 12.9. The lowest BCUT2D eigenvalue weighted by Gasteiger charge is -2.22. The number of carbonyl (C=O) groups excluding carboxylic acids is 2. The van der Waals surface area contributed by atoms with Gasteiger partial charge in [-0.2, -0.15) is 0 Å². The van der Waals surface area contributed by atoms with Gasteiger partial charge in [0.15, 0.2) is 0 Å². The van der Waals surface area contributed by atoms with Crippen molar-refractivity contribution in [3.05, 3.63) is 33.4 Å². The van der Waals surface area contributed by atoms with Crippen LogP contribution in [-0.4, -0.2) is 48.9 Å². The van der Waals surface area contributed by atoms with Gasteiger partial charge in [0.2, 0.25) is 5.91 Å². The second-order valence-corrected chi connectivity index (χ2v) is 8.39. The van der Waals surface area contributed by atoms with Crippen LogP contribution in [-0.2, 0) is 17.6 Å². The number of nitrogens with two attached hydrogens (primary N) is 1. The van der Waals surface area contributed by atoms with Crippen molar-refractivity contribution in [2.75, 3.05) is 27.2 Å². The van der Waals surface area contributed by atoms with Gasteiger partial charge < -0.3 is 20.9 Å². The molecule has 146 valence electrons. The molecule has 6 nitrogen and oxygen atoms in total. The quantitative estimate of drug-likeness (QED) is 0.584. The number of carbonyl (C=O) groups is 2. The molecule has 1 atom stereocenters. The van der Waals surface area contributed by atoms with Crippen LogP contribution in [0.15, 0.2) is 16.6 Å². The van der Waals surface area contributed by atoms with Crippen molar-refractivity contribution in [3.8, 4) is 0 Å². The molecule has 2 amide bonds. The highest BCUT2D eigenvalue weighted by Gasteiger charge is 2.28. The molecule has 1 aromatic heterocycles. The topological polar surface area (TPSA) is 91.2 Å². The molecule has 0 aliphatic heterocycles. The average molecular weight is 435 g/mol. The molecule has 0 saturated carbocycles. The third kappa shape index (κ3) is 4.35. The monoisotopic (exact) mass is 434 g/mol. The third-order valence-corrected chi connectivity index (χ3v) is 5.92. The Morgan fingerprint density at radius 1 is 1.33 bits per heavy atom. The standard InChI is InChI=1S/C20H27BrN4O2/c1-25(2)10-4-3-9-23-20(27)12-5-6-13-16(11-12)24-18-14(19(22)26)7-8-15(21)17(13)18/h7-8,12,24H,3-6,9-11H2,1-2H3,(H2,22,26)(H,23,27). The van der Waals surface area contributed by atoms with E-state index in [-0.39, 0.29) is 11.8 Å². The summed E-state index contributed by atoms with van der Waals surface area (Å²) in [6.07, 6.45) is 4.36. The fourth-order valence-corrected chi connectivity index (χ4v) is 4.40. The molecule has 27 heavy (non-hydrogen) atoms. The fourth-order valence-electron chi connectivity index (χ4n) is 3.83. The Hall–Kier alpha value is -1.86. The number of hydrogen-bond acceptors (Lipinski definition) is 3. The predicted molar refractivity (Wildman–Crippen MR) is 111 cm³/mol. The van der Waals surface area contributed by atoms with Gasteiger partial charge >= 0.3 is 0 Å². The molecular weight excluding hydrogens is 408 g/mol. The van der Waals surface area contributed by atoms with E-state index in [1.807, 2.05) is 6.07 Å². The van der Waals surface area contributed by atoms with Gasteiger partial charge in [-0.15, -0.1) is 0 Å². The van der Waals surface area contributed by atoms with Gasteiger partial charge in [0.1, 0.15) is 0 Å². The fraction of sp³-hybridized carbons (Fsp3) is 0.500. The smallest absolute Gasteiger partial charge is 0.250 e. The number of amides is 2. The van der Waals surface area contributed by atoms with E-state index in [4.69, 9.17) is 5.73 Å². The number of halogens is 1. The summed E-state index contributed by atoms with van der Waals surface area (Å²) in [5.41, 5.74) is 9.01. The van der Waals surface area contributed by atoms with E-state index in [2.05, 4.69) is 45.2 Å². The lowest BCUT2D eigenvalue weighted by Crippen LogP contribution is -2.34. The van der Waals surface area contributed by atoms with Crippen molar-refractivity contribution in [3.63, 3.8) is 0 Å². The van der Waals surface area contributed by atoms with Crippen molar-refractivity contribution in [1.29, 1.82) is 0 Å². The van der Waals surface area contributed by atoms with Crippen LogP contribution in [0.5, 0.6) is 0 Å².